The summed E-state index contributed by atoms with van der Waals surface area (Å²) in [6, 6.07) is 3.68. The first-order valence-electron chi connectivity index (χ1n) is 8.52. The van der Waals surface area contributed by atoms with Crippen molar-refractivity contribution in [3.8, 4) is 0 Å². The number of rotatable bonds is 2. The molecule has 2 unspecified atom stereocenters. The van der Waals surface area contributed by atoms with Crippen LogP contribution in [0.15, 0.2) is 6.07 Å². The van der Waals surface area contributed by atoms with Gasteiger partial charge in [0.2, 0.25) is 5.95 Å². The van der Waals surface area contributed by atoms with E-state index in [4.69, 9.17) is 5.73 Å². The van der Waals surface area contributed by atoms with Gasteiger partial charge >= 0.3 is 0 Å². The van der Waals surface area contributed by atoms with Crippen molar-refractivity contribution in [3.05, 3.63) is 17.3 Å². The van der Waals surface area contributed by atoms with Crippen LogP contribution in [0.2, 0.25) is 0 Å². The Labute approximate surface area is 136 Å². The normalized spacial score (nSPS) is 27.1. The van der Waals surface area contributed by atoms with Gasteiger partial charge in [-0.15, -0.1) is 0 Å². The second-order valence-electron chi connectivity index (χ2n) is 7.02. The van der Waals surface area contributed by atoms with E-state index in [1.807, 2.05) is 19.9 Å². The van der Waals surface area contributed by atoms with E-state index in [-0.39, 0.29) is 0 Å². The van der Waals surface area contributed by atoms with Crippen LogP contribution >= 0.6 is 0 Å². The molecule has 0 aromatic carbocycles. The molecule has 23 heavy (non-hydrogen) atoms. The first-order valence-corrected chi connectivity index (χ1v) is 8.52. The van der Waals surface area contributed by atoms with Crippen LogP contribution in [-0.4, -0.2) is 33.1 Å². The molecule has 0 spiro atoms. The van der Waals surface area contributed by atoms with Crippen LogP contribution in [0.3, 0.4) is 0 Å². The lowest BCUT2D eigenvalue weighted by Crippen LogP contribution is -2.52. The van der Waals surface area contributed by atoms with Gasteiger partial charge in [0.15, 0.2) is 5.65 Å². The molecule has 122 valence electrons. The van der Waals surface area contributed by atoms with Gasteiger partial charge < -0.3 is 16.4 Å². The number of piperidine rings is 2. The summed E-state index contributed by atoms with van der Waals surface area (Å²) in [5.74, 6) is 1.12. The number of hydrogen-bond donors (Lipinski definition) is 3. The zero-order valence-electron chi connectivity index (χ0n) is 13.8. The fraction of sp³-hybridized carbons (Fsp3) is 0.588. The lowest BCUT2D eigenvalue weighted by atomic mass is 9.84. The number of anilines is 2. The zero-order chi connectivity index (χ0) is 16.0. The average Bonchev–Trinajstić information content (AvgIpc) is 2.45. The van der Waals surface area contributed by atoms with Crippen molar-refractivity contribution in [1.82, 2.24) is 20.3 Å². The smallest absolute Gasteiger partial charge is 0.226 e. The fourth-order valence-corrected chi connectivity index (χ4v) is 4.14. The van der Waals surface area contributed by atoms with Gasteiger partial charge in [-0.05, 0) is 51.2 Å². The van der Waals surface area contributed by atoms with Gasteiger partial charge in [-0.1, -0.05) is 6.42 Å². The molecule has 2 aliphatic rings. The third-order valence-corrected chi connectivity index (χ3v) is 5.07. The summed E-state index contributed by atoms with van der Waals surface area (Å²) in [5.41, 5.74) is 8.88. The quantitative estimate of drug-likeness (QED) is 0.788. The van der Waals surface area contributed by atoms with E-state index in [0.29, 0.717) is 35.5 Å². The topological polar surface area (TPSA) is 88.8 Å². The minimum Gasteiger partial charge on any atom is -0.383 e. The van der Waals surface area contributed by atoms with Gasteiger partial charge in [0.25, 0.3) is 0 Å². The van der Waals surface area contributed by atoms with Gasteiger partial charge in [0, 0.05) is 23.8 Å². The lowest BCUT2D eigenvalue weighted by Gasteiger charge is -2.40. The highest BCUT2D eigenvalue weighted by Gasteiger charge is 2.31. The standard InChI is InChI=1S/C17H24N6/c1-9-6-10(2)19-16-14(9)15(18)22-17(23-16)21-13-7-11-4-3-5-12(8-13)20-11/h6,11-13,20H,3-5,7-8H2,1-2H3,(H3,18,19,21,22,23)/t11-,12?,13?/m1/s1. The van der Waals surface area contributed by atoms with Crippen LogP contribution < -0.4 is 16.4 Å². The molecule has 0 saturated carbocycles. The molecule has 2 fully saturated rings. The maximum Gasteiger partial charge on any atom is 0.226 e. The summed E-state index contributed by atoms with van der Waals surface area (Å²) in [6.45, 7) is 4.00. The Bertz CT molecular complexity index is 731. The number of aromatic nitrogens is 3. The monoisotopic (exact) mass is 312 g/mol. The molecule has 0 aliphatic carbocycles. The van der Waals surface area contributed by atoms with E-state index in [0.717, 1.165) is 29.5 Å². The minimum atomic E-state index is 0.411. The van der Waals surface area contributed by atoms with Gasteiger partial charge in [-0.25, -0.2) is 4.98 Å². The van der Waals surface area contributed by atoms with Crippen molar-refractivity contribution in [2.75, 3.05) is 11.1 Å². The molecular weight excluding hydrogens is 288 g/mol. The molecule has 2 aromatic heterocycles. The van der Waals surface area contributed by atoms with Gasteiger partial charge in [-0.2, -0.15) is 9.97 Å². The van der Waals surface area contributed by atoms with Gasteiger partial charge in [0.05, 0.1) is 5.39 Å². The number of pyridine rings is 1. The van der Waals surface area contributed by atoms with Crippen LogP contribution in [0.4, 0.5) is 11.8 Å². The van der Waals surface area contributed by atoms with Crippen molar-refractivity contribution in [1.29, 1.82) is 0 Å². The lowest BCUT2D eigenvalue weighted by molar-refractivity contribution is 0.230. The van der Waals surface area contributed by atoms with Crippen molar-refractivity contribution in [2.24, 2.45) is 0 Å². The molecule has 2 aromatic rings. The highest BCUT2D eigenvalue weighted by atomic mass is 15.2. The number of nitrogens with two attached hydrogens (primary N) is 1. The number of fused-ring (bicyclic) bond motifs is 3. The first-order chi connectivity index (χ1) is 11.1. The number of hydrogen-bond acceptors (Lipinski definition) is 6. The summed E-state index contributed by atoms with van der Waals surface area (Å²) in [4.78, 5) is 13.6. The second-order valence-corrected chi connectivity index (χ2v) is 7.02. The van der Waals surface area contributed by atoms with Crippen LogP contribution in [0.5, 0.6) is 0 Å². The summed E-state index contributed by atoms with van der Waals surface area (Å²) in [5, 5.41) is 8.07. The third kappa shape index (κ3) is 2.83. The molecule has 0 amide bonds. The SMILES string of the molecule is Cc1cc(C)c2c(N)nc(NC3CC4CCC[C@H](C3)N4)nc2n1. The largest absolute Gasteiger partial charge is 0.383 e. The Morgan fingerprint density at radius 3 is 2.61 bits per heavy atom. The van der Waals surface area contributed by atoms with Crippen LogP contribution in [-0.2, 0) is 0 Å². The number of nitrogen functional groups attached to an aromatic ring is 1. The molecule has 0 radical (unpaired) electrons. The Hall–Kier alpha value is -1.95. The predicted octanol–water partition coefficient (Wildman–Crippen LogP) is 2.31. The Morgan fingerprint density at radius 2 is 1.87 bits per heavy atom. The Kier molecular flexibility index (Phi) is 3.56. The molecule has 2 bridgehead atoms. The van der Waals surface area contributed by atoms with Gasteiger partial charge in [0.1, 0.15) is 5.82 Å². The number of nitrogens with zero attached hydrogens (tertiary/aromatic N) is 3. The Morgan fingerprint density at radius 1 is 1.13 bits per heavy atom. The van der Waals surface area contributed by atoms with Crippen molar-refractivity contribution in [2.45, 2.75) is 64.1 Å². The molecule has 3 atom stereocenters. The minimum absolute atomic E-state index is 0.411. The van der Waals surface area contributed by atoms with E-state index in [1.165, 1.54) is 19.3 Å². The molecule has 2 saturated heterocycles. The maximum atomic E-state index is 6.16. The zero-order valence-corrected chi connectivity index (χ0v) is 13.8. The predicted molar refractivity (Wildman–Crippen MR) is 92.4 cm³/mol. The number of aryl methyl sites for hydroxylation is 2. The van der Waals surface area contributed by atoms with Crippen LogP contribution in [0, 0.1) is 13.8 Å². The van der Waals surface area contributed by atoms with Crippen LogP contribution in [0.25, 0.3) is 11.0 Å². The molecule has 4 rings (SSSR count). The molecule has 4 heterocycles. The summed E-state index contributed by atoms with van der Waals surface area (Å²) in [7, 11) is 0. The van der Waals surface area contributed by atoms with E-state index < -0.39 is 0 Å². The third-order valence-electron chi connectivity index (χ3n) is 5.07. The molecule has 6 heteroatoms. The van der Waals surface area contributed by atoms with E-state index >= 15 is 0 Å². The fourth-order valence-electron chi connectivity index (χ4n) is 4.14. The molecular formula is C17H24N6. The summed E-state index contributed by atoms with van der Waals surface area (Å²) >= 11 is 0. The van der Waals surface area contributed by atoms with Crippen molar-refractivity contribution in [3.63, 3.8) is 0 Å². The van der Waals surface area contributed by atoms with E-state index in [1.54, 1.807) is 0 Å². The van der Waals surface area contributed by atoms with E-state index in [9.17, 15) is 0 Å². The second kappa shape index (κ2) is 5.60. The first kappa shape index (κ1) is 14.6. The van der Waals surface area contributed by atoms with Crippen molar-refractivity contribution >= 4 is 22.8 Å². The maximum absolute atomic E-state index is 6.16. The highest BCUT2D eigenvalue weighted by Crippen LogP contribution is 2.28. The van der Waals surface area contributed by atoms with E-state index in [2.05, 4.69) is 25.6 Å². The number of nitrogens with one attached hydrogen (secondary N) is 2. The summed E-state index contributed by atoms with van der Waals surface area (Å²) < 4.78 is 0. The summed E-state index contributed by atoms with van der Waals surface area (Å²) in [6.07, 6.45) is 6.14. The van der Waals surface area contributed by atoms with Gasteiger partial charge in [-0.3, -0.25) is 0 Å². The molecule has 6 nitrogen and oxygen atoms in total. The van der Waals surface area contributed by atoms with Crippen LogP contribution in [0.1, 0.15) is 43.4 Å². The molecule has 4 N–H and O–H groups in total. The average molecular weight is 312 g/mol. The highest BCUT2D eigenvalue weighted by molar-refractivity contribution is 5.89. The van der Waals surface area contributed by atoms with Crippen molar-refractivity contribution < 1.29 is 0 Å². The Balaban J connectivity index is 1.62. The molecule has 2 aliphatic heterocycles.